The van der Waals surface area contributed by atoms with E-state index in [4.69, 9.17) is 4.74 Å². The highest BCUT2D eigenvalue weighted by molar-refractivity contribution is 5.12. The van der Waals surface area contributed by atoms with E-state index >= 15 is 0 Å². The number of aliphatic hydroxyl groups is 1. The largest absolute Gasteiger partial charge is 0.390 e. The molecule has 4 saturated carbocycles. The fourth-order valence-electron chi connectivity index (χ4n) is 7.68. The second-order valence-corrected chi connectivity index (χ2v) is 10.1. The minimum atomic E-state index is -0.436. The minimum Gasteiger partial charge on any atom is -0.390 e. The second kappa shape index (κ2) is 5.21. The molecule has 132 valence electrons. The van der Waals surface area contributed by atoms with Gasteiger partial charge in [0.05, 0.1) is 11.7 Å². The number of fused-ring (bicyclic) bond motifs is 5. The molecule has 0 heterocycles. The molecule has 4 aliphatic carbocycles. The van der Waals surface area contributed by atoms with E-state index in [1.165, 1.54) is 51.4 Å². The Labute approximate surface area is 142 Å². The van der Waals surface area contributed by atoms with Crippen molar-refractivity contribution >= 4 is 0 Å². The molecule has 0 amide bonds. The van der Waals surface area contributed by atoms with E-state index in [1.807, 2.05) is 7.11 Å². The lowest BCUT2D eigenvalue weighted by Gasteiger charge is -2.61. The van der Waals surface area contributed by atoms with Gasteiger partial charge >= 0.3 is 0 Å². The highest BCUT2D eigenvalue weighted by Gasteiger charge is 2.63. The average Bonchev–Trinajstić information content (AvgIpc) is 2.77. The van der Waals surface area contributed by atoms with E-state index < -0.39 is 5.60 Å². The molecule has 2 heteroatoms. The van der Waals surface area contributed by atoms with Gasteiger partial charge in [-0.05, 0) is 99.2 Å². The molecule has 0 aromatic carbocycles. The number of methoxy groups -OCH3 is 1. The molecule has 23 heavy (non-hydrogen) atoms. The molecule has 1 N–H and O–H groups in total. The van der Waals surface area contributed by atoms with Gasteiger partial charge in [-0.25, -0.2) is 0 Å². The Balaban J connectivity index is 1.60. The molecule has 0 unspecified atom stereocenters. The van der Waals surface area contributed by atoms with E-state index in [0.29, 0.717) is 11.5 Å². The molecule has 4 fully saturated rings. The molecule has 4 aliphatic rings. The predicted octanol–water partition coefficient (Wildman–Crippen LogP) is 4.80. The number of rotatable bonds is 1. The summed E-state index contributed by atoms with van der Waals surface area (Å²) in [5.74, 6) is 3.39. The van der Waals surface area contributed by atoms with Crippen molar-refractivity contribution < 1.29 is 9.84 Å². The third-order valence-corrected chi connectivity index (χ3v) is 9.51. The van der Waals surface area contributed by atoms with Crippen LogP contribution in [0.4, 0.5) is 0 Å². The molecule has 0 aliphatic heterocycles. The molecule has 4 rings (SSSR count). The average molecular weight is 321 g/mol. The fourth-order valence-corrected chi connectivity index (χ4v) is 7.68. The van der Waals surface area contributed by atoms with Crippen LogP contribution >= 0.6 is 0 Å². The summed E-state index contributed by atoms with van der Waals surface area (Å²) >= 11 is 0. The van der Waals surface area contributed by atoms with E-state index in [-0.39, 0.29) is 5.41 Å². The van der Waals surface area contributed by atoms with Crippen LogP contribution in [0.5, 0.6) is 0 Å². The lowest BCUT2D eigenvalue weighted by molar-refractivity contribution is -0.155. The lowest BCUT2D eigenvalue weighted by Crippen LogP contribution is -2.56. The predicted molar refractivity (Wildman–Crippen MR) is 93.1 cm³/mol. The molecule has 0 bridgehead atoms. The smallest absolute Gasteiger partial charge is 0.0675 e. The number of hydrogen-bond donors (Lipinski definition) is 1. The third-order valence-electron chi connectivity index (χ3n) is 9.51. The van der Waals surface area contributed by atoms with E-state index in [9.17, 15) is 5.11 Å². The van der Waals surface area contributed by atoms with Gasteiger partial charge in [-0.3, -0.25) is 0 Å². The lowest BCUT2D eigenvalue weighted by atomic mass is 9.44. The van der Waals surface area contributed by atoms with Crippen molar-refractivity contribution in [1.29, 1.82) is 0 Å². The van der Waals surface area contributed by atoms with Crippen molar-refractivity contribution in [1.82, 2.24) is 0 Å². The molecule has 8 atom stereocenters. The van der Waals surface area contributed by atoms with Crippen molar-refractivity contribution in [2.45, 2.75) is 90.3 Å². The monoisotopic (exact) mass is 320 g/mol. The molecule has 0 aromatic rings. The summed E-state index contributed by atoms with van der Waals surface area (Å²) in [6, 6.07) is 0. The fraction of sp³-hybridized carbons (Fsp3) is 1.00. The van der Waals surface area contributed by atoms with Crippen molar-refractivity contribution in [2.75, 3.05) is 7.11 Å². The first kappa shape index (κ1) is 16.4. The van der Waals surface area contributed by atoms with Crippen LogP contribution in [-0.2, 0) is 4.74 Å². The van der Waals surface area contributed by atoms with Crippen LogP contribution in [0.15, 0.2) is 0 Å². The van der Waals surface area contributed by atoms with Crippen LogP contribution in [0, 0.1) is 34.5 Å². The molecule has 0 spiro atoms. The van der Waals surface area contributed by atoms with Crippen molar-refractivity contribution in [3.8, 4) is 0 Å². The van der Waals surface area contributed by atoms with Crippen LogP contribution in [0.25, 0.3) is 0 Å². The highest BCUT2D eigenvalue weighted by Crippen LogP contribution is 2.68. The van der Waals surface area contributed by atoms with E-state index in [2.05, 4.69) is 20.8 Å². The van der Waals surface area contributed by atoms with Crippen LogP contribution < -0.4 is 0 Å². The highest BCUT2D eigenvalue weighted by atomic mass is 16.5. The Kier molecular flexibility index (Phi) is 3.71. The van der Waals surface area contributed by atoms with Crippen LogP contribution in [0.3, 0.4) is 0 Å². The normalized spacial score (nSPS) is 59.1. The Morgan fingerprint density at radius 3 is 2.35 bits per heavy atom. The summed E-state index contributed by atoms with van der Waals surface area (Å²) in [6.45, 7) is 7.12. The van der Waals surface area contributed by atoms with Gasteiger partial charge in [-0.2, -0.15) is 0 Å². The topological polar surface area (TPSA) is 29.5 Å². The summed E-state index contributed by atoms with van der Waals surface area (Å²) in [5, 5.41) is 11.0. The molecular weight excluding hydrogens is 284 g/mol. The van der Waals surface area contributed by atoms with Crippen LogP contribution in [-0.4, -0.2) is 23.9 Å². The zero-order valence-electron chi connectivity index (χ0n) is 15.6. The van der Waals surface area contributed by atoms with Crippen LogP contribution in [0.1, 0.15) is 78.6 Å². The standard InChI is InChI=1S/C21H36O2/c1-19-10-7-15(23-4)13-14(19)5-6-16-17(19)8-11-20(2)18(16)9-12-21(20,3)22/h14-18,22H,5-13H2,1-4H3/t14-,15-,16-,17+,18+,19+,20+,21-/m1/s1. The SMILES string of the molecule is CO[C@@H]1CC[C@@]2(C)[C@H](CC[C@@H]3[C@@H]2CC[C@@]2(C)[C@H]3CC[C@@]2(C)O)C1. The Bertz CT molecular complexity index is 472. The Morgan fingerprint density at radius 2 is 1.61 bits per heavy atom. The molecule has 0 aromatic heterocycles. The van der Waals surface area contributed by atoms with E-state index in [1.54, 1.807) is 0 Å². The summed E-state index contributed by atoms with van der Waals surface area (Å²) in [5.41, 5.74) is 0.267. The maximum atomic E-state index is 11.0. The summed E-state index contributed by atoms with van der Waals surface area (Å²) in [6.07, 6.45) is 12.1. The van der Waals surface area contributed by atoms with Gasteiger partial charge in [0.1, 0.15) is 0 Å². The maximum Gasteiger partial charge on any atom is 0.0675 e. The summed E-state index contributed by atoms with van der Waals surface area (Å²) < 4.78 is 5.70. The zero-order chi connectivity index (χ0) is 16.5. The first-order chi connectivity index (χ1) is 10.8. The third kappa shape index (κ3) is 2.13. The Morgan fingerprint density at radius 1 is 0.870 bits per heavy atom. The first-order valence-corrected chi connectivity index (χ1v) is 10.1. The minimum absolute atomic E-state index is 0.168. The van der Waals surface area contributed by atoms with Gasteiger partial charge < -0.3 is 9.84 Å². The van der Waals surface area contributed by atoms with Gasteiger partial charge in [-0.1, -0.05) is 13.8 Å². The quantitative estimate of drug-likeness (QED) is 0.752. The van der Waals surface area contributed by atoms with Crippen molar-refractivity contribution in [2.24, 2.45) is 34.5 Å². The Hall–Kier alpha value is -0.0800. The summed E-state index contributed by atoms with van der Waals surface area (Å²) in [4.78, 5) is 0. The van der Waals surface area contributed by atoms with Gasteiger partial charge in [0.15, 0.2) is 0 Å². The van der Waals surface area contributed by atoms with Crippen molar-refractivity contribution in [3.63, 3.8) is 0 Å². The van der Waals surface area contributed by atoms with Crippen molar-refractivity contribution in [3.05, 3.63) is 0 Å². The van der Waals surface area contributed by atoms with Gasteiger partial charge in [0, 0.05) is 7.11 Å². The van der Waals surface area contributed by atoms with Gasteiger partial charge in [0.2, 0.25) is 0 Å². The molecule has 0 radical (unpaired) electrons. The second-order valence-electron chi connectivity index (χ2n) is 10.1. The molecular formula is C21H36O2. The zero-order valence-corrected chi connectivity index (χ0v) is 15.6. The molecule has 2 nitrogen and oxygen atoms in total. The maximum absolute atomic E-state index is 11.0. The summed E-state index contributed by atoms with van der Waals surface area (Å²) in [7, 11) is 1.89. The van der Waals surface area contributed by atoms with Gasteiger partial charge in [-0.15, -0.1) is 0 Å². The van der Waals surface area contributed by atoms with E-state index in [0.717, 1.165) is 30.1 Å². The number of hydrogen-bond acceptors (Lipinski definition) is 2. The van der Waals surface area contributed by atoms with Gasteiger partial charge in [0.25, 0.3) is 0 Å². The van der Waals surface area contributed by atoms with Crippen LogP contribution in [0.2, 0.25) is 0 Å². The first-order valence-electron chi connectivity index (χ1n) is 10.1. The number of ether oxygens (including phenoxy) is 1. The molecule has 0 saturated heterocycles.